The Labute approximate surface area is 227 Å². The van der Waals surface area contributed by atoms with Crippen molar-refractivity contribution >= 4 is 23.9 Å². The Bertz CT molecular complexity index is 1110. The molecule has 10 heteroatoms. The number of allylic oxidation sites excluding steroid dienone is 1. The molecule has 0 radical (unpaired) electrons. The van der Waals surface area contributed by atoms with Crippen molar-refractivity contribution in [2.75, 3.05) is 19.8 Å². The van der Waals surface area contributed by atoms with Crippen molar-refractivity contribution < 1.29 is 33.8 Å². The van der Waals surface area contributed by atoms with Gasteiger partial charge in [-0.2, -0.15) is 0 Å². The van der Waals surface area contributed by atoms with Crippen LogP contribution < -0.4 is 16.0 Å². The molecule has 1 aliphatic rings. The van der Waals surface area contributed by atoms with Crippen molar-refractivity contribution in [1.29, 1.82) is 0 Å². The number of carbonyl (C=O) groups is 4. The highest BCUT2D eigenvalue weighted by Gasteiger charge is 2.25. The number of aliphatic hydroxyl groups is 1. The van der Waals surface area contributed by atoms with Crippen LogP contribution in [-0.4, -0.2) is 60.8 Å². The van der Waals surface area contributed by atoms with Crippen molar-refractivity contribution in [2.24, 2.45) is 5.92 Å². The van der Waals surface area contributed by atoms with Gasteiger partial charge >= 0.3 is 12.1 Å². The predicted molar refractivity (Wildman–Crippen MR) is 143 cm³/mol. The minimum Gasteiger partial charge on any atom is -0.462 e. The third-order valence-corrected chi connectivity index (χ3v) is 6.11. The first kappa shape index (κ1) is 29.4. The van der Waals surface area contributed by atoms with Gasteiger partial charge in [-0.25, -0.2) is 9.59 Å². The van der Waals surface area contributed by atoms with E-state index in [9.17, 15) is 24.3 Å². The Kier molecular flexibility index (Phi) is 12.0. The molecule has 0 saturated heterocycles. The number of ether oxygens (including phenoxy) is 2. The smallest absolute Gasteiger partial charge is 0.408 e. The first-order valence-corrected chi connectivity index (χ1v) is 12.9. The number of amides is 3. The molecule has 2 aromatic carbocycles. The van der Waals surface area contributed by atoms with Crippen LogP contribution in [0.2, 0.25) is 0 Å². The fraction of sp³-hybridized carbons (Fsp3) is 0.379. The molecule has 0 aliphatic carbocycles. The highest BCUT2D eigenvalue weighted by Crippen LogP contribution is 2.13. The molecule has 0 unspecified atom stereocenters. The zero-order valence-electron chi connectivity index (χ0n) is 21.7. The van der Waals surface area contributed by atoms with E-state index in [1.807, 2.05) is 60.7 Å². The van der Waals surface area contributed by atoms with Crippen LogP contribution in [0, 0.1) is 5.92 Å². The molecule has 0 bridgehead atoms. The number of esters is 1. The van der Waals surface area contributed by atoms with Gasteiger partial charge in [-0.3, -0.25) is 9.59 Å². The Morgan fingerprint density at radius 3 is 2.36 bits per heavy atom. The fourth-order valence-corrected chi connectivity index (χ4v) is 4.04. The second-order valence-corrected chi connectivity index (χ2v) is 9.20. The Hall–Kier alpha value is -4.18. The monoisotopic (exact) mass is 537 g/mol. The first-order valence-electron chi connectivity index (χ1n) is 12.9. The van der Waals surface area contributed by atoms with Gasteiger partial charge < -0.3 is 30.5 Å². The molecule has 0 spiro atoms. The van der Waals surface area contributed by atoms with Crippen molar-refractivity contribution in [3.8, 4) is 0 Å². The van der Waals surface area contributed by atoms with E-state index in [0.29, 0.717) is 6.42 Å². The fourth-order valence-electron chi connectivity index (χ4n) is 4.04. The maximum Gasteiger partial charge on any atom is 0.408 e. The molecular weight excluding hydrogens is 502 g/mol. The number of nitrogens with one attached hydrogen (secondary N) is 3. The number of rotatable bonds is 9. The maximum absolute atomic E-state index is 12.7. The number of aliphatic hydroxyl groups excluding tert-OH is 1. The Balaban J connectivity index is 1.54. The van der Waals surface area contributed by atoms with Gasteiger partial charge in [-0.1, -0.05) is 72.8 Å². The zero-order valence-corrected chi connectivity index (χ0v) is 21.7. The minimum absolute atomic E-state index is 0.0581. The maximum atomic E-state index is 12.7. The Morgan fingerprint density at radius 1 is 1.00 bits per heavy atom. The van der Waals surface area contributed by atoms with Crippen molar-refractivity contribution in [3.63, 3.8) is 0 Å². The molecule has 4 N–H and O–H groups in total. The van der Waals surface area contributed by atoms with Crippen LogP contribution in [0.1, 0.15) is 30.4 Å². The first-order chi connectivity index (χ1) is 18.9. The van der Waals surface area contributed by atoms with E-state index in [1.54, 1.807) is 12.2 Å². The highest BCUT2D eigenvalue weighted by molar-refractivity contribution is 5.86. The van der Waals surface area contributed by atoms with E-state index < -0.39 is 30.1 Å². The zero-order chi connectivity index (χ0) is 27.9. The van der Waals surface area contributed by atoms with E-state index in [2.05, 4.69) is 16.0 Å². The van der Waals surface area contributed by atoms with Crippen LogP contribution >= 0.6 is 0 Å². The lowest BCUT2D eigenvalue weighted by molar-refractivity contribution is -0.146. The van der Waals surface area contributed by atoms with Gasteiger partial charge in [0, 0.05) is 6.42 Å². The molecule has 0 aromatic heterocycles. The molecule has 3 atom stereocenters. The van der Waals surface area contributed by atoms with Gasteiger partial charge in [0.25, 0.3) is 0 Å². The summed E-state index contributed by atoms with van der Waals surface area (Å²) in [5.74, 6) is -1.99. The normalized spacial score (nSPS) is 18.9. The second kappa shape index (κ2) is 15.9. The second-order valence-electron chi connectivity index (χ2n) is 9.20. The van der Waals surface area contributed by atoms with Gasteiger partial charge in [0.15, 0.2) is 0 Å². The van der Waals surface area contributed by atoms with E-state index in [1.165, 1.54) is 0 Å². The molecule has 1 heterocycles. The van der Waals surface area contributed by atoms with Crippen LogP contribution in [0.3, 0.4) is 0 Å². The molecule has 208 valence electrons. The summed E-state index contributed by atoms with van der Waals surface area (Å²) in [5, 5.41) is 17.7. The quantitative estimate of drug-likeness (QED) is 0.283. The van der Waals surface area contributed by atoms with E-state index in [4.69, 9.17) is 9.47 Å². The summed E-state index contributed by atoms with van der Waals surface area (Å²) >= 11 is 0. The molecule has 0 saturated carbocycles. The molecule has 3 rings (SSSR count). The number of hydrogen-bond donors (Lipinski definition) is 4. The van der Waals surface area contributed by atoms with Gasteiger partial charge in [0.05, 0.1) is 25.1 Å². The molecule has 2 aromatic rings. The lowest BCUT2D eigenvalue weighted by Gasteiger charge is -2.20. The summed E-state index contributed by atoms with van der Waals surface area (Å²) in [6, 6.07) is 17.2. The van der Waals surface area contributed by atoms with Crippen molar-refractivity contribution in [2.45, 2.75) is 44.4 Å². The predicted octanol–water partition coefficient (Wildman–Crippen LogP) is 2.02. The minimum atomic E-state index is -0.968. The van der Waals surface area contributed by atoms with Crippen LogP contribution in [0.25, 0.3) is 0 Å². The van der Waals surface area contributed by atoms with Crippen LogP contribution in [0.15, 0.2) is 72.8 Å². The average molecular weight is 538 g/mol. The summed E-state index contributed by atoms with van der Waals surface area (Å²) in [6.45, 7) is -0.202. The number of carbonyl (C=O) groups excluding carboxylic acids is 4. The van der Waals surface area contributed by atoms with Gasteiger partial charge in [-0.15, -0.1) is 0 Å². The lowest BCUT2D eigenvalue weighted by atomic mass is 9.98. The largest absolute Gasteiger partial charge is 0.462 e. The number of cyclic esters (lactones) is 1. The van der Waals surface area contributed by atoms with E-state index >= 15 is 0 Å². The van der Waals surface area contributed by atoms with Gasteiger partial charge in [0.1, 0.15) is 19.3 Å². The summed E-state index contributed by atoms with van der Waals surface area (Å²) in [6.07, 6.45) is 3.38. The SMILES string of the molecule is O=C(C[C@H]1CC=CC[C@@H](NC(=O)OCc2ccccc2)C(=O)OCCNC1=O)N[C@@H](CO)Cc1ccccc1. The molecular formula is C29H35N3O7. The average Bonchev–Trinajstić information content (AvgIpc) is 2.95. The topological polar surface area (TPSA) is 143 Å². The molecule has 0 fully saturated rings. The van der Waals surface area contributed by atoms with E-state index in [-0.39, 0.29) is 57.4 Å². The molecule has 10 nitrogen and oxygen atoms in total. The number of hydrogen-bond acceptors (Lipinski definition) is 7. The van der Waals surface area contributed by atoms with Crippen LogP contribution in [-0.2, 0) is 36.9 Å². The van der Waals surface area contributed by atoms with Gasteiger partial charge in [-0.05, 0) is 30.4 Å². The summed E-state index contributed by atoms with van der Waals surface area (Å²) < 4.78 is 10.4. The summed E-state index contributed by atoms with van der Waals surface area (Å²) in [5.41, 5.74) is 1.79. The number of alkyl carbamates (subject to hydrolysis) is 1. The van der Waals surface area contributed by atoms with Crippen LogP contribution in [0.5, 0.6) is 0 Å². The van der Waals surface area contributed by atoms with Gasteiger partial charge in [0.2, 0.25) is 11.8 Å². The van der Waals surface area contributed by atoms with Crippen molar-refractivity contribution in [1.82, 2.24) is 16.0 Å². The third kappa shape index (κ3) is 10.6. The summed E-state index contributed by atoms with van der Waals surface area (Å²) in [4.78, 5) is 50.2. The van der Waals surface area contributed by atoms with Crippen LogP contribution in [0.4, 0.5) is 4.79 Å². The molecule has 1 aliphatic heterocycles. The highest BCUT2D eigenvalue weighted by atomic mass is 16.6. The standard InChI is InChI=1S/C29H35N3O7/c33-19-24(17-21-9-3-1-4-10-21)31-26(34)18-23-13-7-8-14-25(28(36)38-16-15-30-27(23)35)32-29(37)39-20-22-11-5-2-6-12-22/h1-12,23-25,33H,13-20H2,(H,30,35)(H,31,34)(H,32,37)/t23-,24-,25-/m1/s1. The number of benzene rings is 2. The Morgan fingerprint density at radius 2 is 1.67 bits per heavy atom. The van der Waals surface area contributed by atoms with Crippen molar-refractivity contribution in [3.05, 3.63) is 83.9 Å². The lowest BCUT2D eigenvalue weighted by Crippen LogP contribution is -2.43. The molecule has 3 amide bonds. The molecule has 39 heavy (non-hydrogen) atoms. The van der Waals surface area contributed by atoms with E-state index in [0.717, 1.165) is 11.1 Å². The summed E-state index contributed by atoms with van der Waals surface area (Å²) in [7, 11) is 0. The third-order valence-electron chi connectivity index (χ3n) is 6.11.